The molecular weight excluding hydrogens is 310 g/mol. The van der Waals surface area contributed by atoms with E-state index in [1.54, 1.807) is 6.92 Å². The van der Waals surface area contributed by atoms with E-state index in [2.05, 4.69) is 4.72 Å². The SMILES string of the molecule is Cc1cc(S(=O)(=O)NC2(C(=O)O)CCCC2)sc1Cl. The number of aliphatic carboxylic acids is 1. The fourth-order valence-electron chi connectivity index (χ4n) is 2.21. The van der Waals surface area contributed by atoms with Crippen molar-refractivity contribution >= 4 is 38.9 Å². The molecule has 0 spiro atoms. The summed E-state index contributed by atoms with van der Waals surface area (Å²) in [5, 5.41) is 9.28. The molecule has 8 heteroatoms. The lowest BCUT2D eigenvalue weighted by atomic mass is 10.0. The van der Waals surface area contributed by atoms with Crippen molar-refractivity contribution in [2.75, 3.05) is 0 Å². The minimum atomic E-state index is -3.85. The van der Waals surface area contributed by atoms with Crippen LogP contribution in [0.3, 0.4) is 0 Å². The minimum Gasteiger partial charge on any atom is -0.480 e. The Morgan fingerprint density at radius 1 is 1.47 bits per heavy atom. The number of hydrogen-bond donors (Lipinski definition) is 2. The number of carbonyl (C=O) groups is 1. The number of aryl methyl sites for hydroxylation is 1. The van der Waals surface area contributed by atoms with Crippen LogP contribution in [0.4, 0.5) is 0 Å². The van der Waals surface area contributed by atoms with E-state index in [-0.39, 0.29) is 4.21 Å². The molecule has 19 heavy (non-hydrogen) atoms. The van der Waals surface area contributed by atoms with E-state index in [1.165, 1.54) is 6.07 Å². The first-order valence-electron chi connectivity index (χ1n) is 5.80. The molecule has 1 aromatic heterocycles. The maximum atomic E-state index is 12.2. The number of carboxylic acids is 1. The van der Waals surface area contributed by atoms with Gasteiger partial charge in [0.25, 0.3) is 10.0 Å². The van der Waals surface area contributed by atoms with Crippen molar-refractivity contribution in [3.05, 3.63) is 16.0 Å². The second kappa shape index (κ2) is 5.05. The van der Waals surface area contributed by atoms with Gasteiger partial charge in [0.05, 0.1) is 4.34 Å². The van der Waals surface area contributed by atoms with Crippen molar-refractivity contribution in [1.29, 1.82) is 0 Å². The highest BCUT2D eigenvalue weighted by atomic mass is 35.5. The summed E-state index contributed by atoms with van der Waals surface area (Å²) < 4.78 is 27.3. The van der Waals surface area contributed by atoms with E-state index < -0.39 is 21.5 Å². The summed E-state index contributed by atoms with van der Waals surface area (Å²) in [6, 6.07) is 1.46. The molecule has 1 aliphatic carbocycles. The van der Waals surface area contributed by atoms with Crippen LogP contribution in [0, 0.1) is 6.92 Å². The van der Waals surface area contributed by atoms with Gasteiger partial charge in [0.1, 0.15) is 9.75 Å². The molecule has 1 heterocycles. The molecule has 2 rings (SSSR count). The first-order valence-corrected chi connectivity index (χ1v) is 8.48. The Labute approximate surface area is 120 Å². The van der Waals surface area contributed by atoms with Gasteiger partial charge in [-0.25, -0.2) is 8.42 Å². The average Bonchev–Trinajstić information content (AvgIpc) is 2.88. The lowest BCUT2D eigenvalue weighted by molar-refractivity contribution is -0.143. The minimum absolute atomic E-state index is 0.0579. The van der Waals surface area contributed by atoms with Gasteiger partial charge in [-0.15, -0.1) is 11.3 Å². The third-order valence-electron chi connectivity index (χ3n) is 3.30. The normalized spacial score (nSPS) is 18.6. The van der Waals surface area contributed by atoms with Crippen LogP contribution in [-0.2, 0) is 14.8 Å². The fraction of sp³-hybridized carbons (Fsp3) is 0.545. The quantitative estimate of drug-likeness (QED) is 0.891. The Hall–Kier alpha value is -0.630. The molecule has 5 nitrogen and oxygen atoms in total. The molecule has 0 aliphatic heterocycles. The first kappa shape index (κ1) is 14.8. The zero-order valence-corrected chi connectivity index (χ0v) is 12.7. The van der Waals surface area contributed by atoms with Crippen LogP contribution < -0.4 is 4.72 Å². The van der Waals surface area contributed by atoms with Crippen molar-refractivity contribution in [3.8, 4) is 0 Å². The predicted molar refractivity (Wildman–Crippen MR) is 73.2 cm³/mol. The number of nitrogens with one attached hydrogen (secondary N) is 1. The average molecular weight is 324 g/mol. The smallest absolute Gasteiger partial charge is 0.324 e. The number of rotatable bonds is 4. The number of hydrogen-bond acceptors (Lipinski definition) is 4. The topological polar surface area (TPSA) is 83.5 Å². The lowest BCUT2D eigenvalue weighted by Gasteiger charge is -2.24. The van der Waals surface area contributed by atoms with Gasteiger partial charge in [-0.3, -0.25) is 4.79 Å². The zero-order chi connectivity index (χ0) is 14.3. The van der Waals surface area contributed by atoms with E-state index in [0.29, 0.717) is 35.6 Å². The molecule has 0 saturated heterocycles. The molecule has 0 unspecified atom stereocenters. The largest absolute Gasteiger partial charge is 0.480 e. The van der Waals surface area contributed by atoms with Crippen LogP contribution in [-0.4, -0.2) is 25.0 Å². The van der Waals surface area contributed by atoms with E-state index in [0.717, 1.165) is 11.3 Å². The number of halogens is 1. The molecule has 1 fully saturated rings. The van der Waals surface area contributed by atoms with Crippen molar-refractivity contribution in [3.63, 3.8) is 0 Å². The fourth-order valence-corrected chi connectivity index (χ4v) is 5.34. The maximum absolute atomic E-state index is 12.2. The van der Waals surface area contributed by atoms with Crippen LogP contribution in [0.5, 0.6) is 0 Å². The highest BCUT2D eigenvalue weighted by Gasteiger charge is 2.45. The van der Waals surface area contributed by atoms with Gasteiger partial charge in [-0.05, 0) is 31.4 Å². The molecule has 106 valence electrons. The summed E-state index contributed by atoms with van der Waals surface area (Å²) in [5.41, 5.74) is -0.703. The molecule has 0 radical (unpaired) electrons. The van der Waals surface area contributed by atoms with Crippen molar-refractivity contribution in [2.45, 2.75) is 42.4 Å². The Balaban J connectivity index is 2.33. The highest BCUT2D eigenvalue weighted by molar-refractivity contribution is 7.91. The van der Waals surface area contributed by atoms with Crippen LogP contribution in [0.15, 0.2) is 10.3 Å². The standard InChI is InChI=1S/C11H14ClNO4S2/c1-7-6-8(18-9(7)12)19(16,17)13-11(10(14)15)4-2-3-5-11/h6,13H,2-5H2,1H3,(H,14,15). The van der Waals surface area contributed by atoms with Gasteiger partial charge in [0, 0.05) is 0 Å². The zero-order valence-electron chi connectivity index (χ0n) is 10.3. The molecular formula is C11H14ClNO4S2. The summed E-state index contributed by atoms with van der Waals surface area (Å²) in [7, 11) is -3.85. The third-order valence-corrected chi connectivity index (χ3v) is 6.86. The molecule has 1 saturated carbocycles. The molecule has 0 aromatic carbocycles. The van der Waals surface area contributed by atoms with E-state index in [9.17, 15) is 18.3 Å². The van der Waals surface area contributed by atoms with Crippen molar-refractivity contribution in [1.82, 2.24) is 4.72 Å². The highest BCUT2D eigenvalue weighted by Crippen LogP contribution is 2.34. The second-order valence-corrected chi connectivity index (χ2v) is 8.29. The van der Waals surface area contributed by atoms with Crippen LogP contribution in [0.1, 0.15) is 31.2 Å². The Bertz CT molecular complexity index is 583. The van der Waals surface area contributed by atoms with Crippen LogP contribution >= 0.6 is 22.9 Å². The van der Waals surface area contributed by atoms with Gasteiger partial charge in [0.2, 0.25) is 0 Å². The number of thiophene rings is 1. The summed E-state index contributed by atoms with van der Waals surface area (Å²) in [4.78, 5) is 11.4. The van der Waals surface area contributed by atoms with Crippen LogP contribution in [0.2, 0.25) is 4.34 Å². The molecule has 1 aromatic rings. The molecule has 0 amide bonds. The molecule has 1 aliphatic rings. The Kier molecular flexibility index (Phi) is 3.92. The molecule has 2 N–H and O–H groups in total. The van der Waals surface area contributed by atoms with Crippen molar-refractivity contribution in [2.24, 2.45) is 0 Å². The van der Waals surface area contributed by atoms with E-state index in [1.807, 2.05) is 0 Å². The molecule has 0 atom stereocenters. The Morgan fingerprint density at radius 2 is 2.05 bits per heavy atom. The van der Waals surface area contributed by atoms with Crippen LogP contribution in [0.25, 0.3) is 0 Å². The number of sulfonamides is 1. The third kappa shape index (κ3) is 2.79. The Morgan fingerprint density at radius 3 is 2.47 bits per heavy atom. The maximum Gasteiger partial charge on any atom is 0.324 e. The van der Waals surface area contributed by atoms with Gasteiger partial charge in [-0.1, -0.05) is 24.4 Å². The van der Waals surface area contributed by atoms with E-state index in [4.69, 9.17) is 11.6 Å². The summed E-state index contributed by atoms with van der Waals surface area (Å²) in [6.45, 7) is 1.71. The number of carboxylic acid groups (broad SMARTS) is 1. The van der Waals surface area contributed by atoms with Gasteiger partial charge in [0.15, 0.2) is 0 Å². The second-order valence-electron chi connectivity index (χ2n) is 4.72. The monoisotopic (exact) mass is 323 g/mol. The summed E-state index contributed by atoms with van der Waals surface area (Å²) >= 11 is 6.80. The van der Waals surface area contributed by atoms with Gasteiger partial charge < -0.3 is 5.11 Å². The predicted octanol–water partition coefficient (Wildman–Crippen LogP) is 2.39. The summed E-state index contributed by atoms with van der Waals surface area (Å²) in [5.74, 6) is -1.12. The van der Waals surface area contributed by atoms with Crippen molar-refractivity contribution < 1.29 is 18.3 Å². The van der Waals surface area contributed by atoms with E-state index >= 15 is 0 Å². The first-order chi connectivity index (χ1) is 8.77. The lowest BCUT2D eigenvalue weighted by Crippen LogP contribution is -2.52. The van der Waals surface area contributed by atoms with Gasteiger partial charge in [-0.2, -0.15) is 4.72 Å². The van der Waals surface area contributed by atoms with Gasteiger partial charge >= 0.3 is 5.97 Å². The summed E-state index contributed by atoms with van der Waals surface area (Å²) in [6.07, 6.45) is 2.05. The molecule has 0 bridgehead atoms.